The Balaban J connectivity index is 1.84. The molecule has 1 aromatic carbocycles. The third kappa shape index (κ3) is 2.78. The van der Waals surface area contributed by atoms with Gasteiger partial charge in [-0.15, -0.1) is 0 Å². The Hall–Kier alpha value is -1.42. The van der Waals surface area contributed by atoms with E-state index in [-0.39, 0.29) is 5.82 Å². The van der Waals surface area contributed by atoms with Gasteiger partial charge < -0.3 is 9.88 Å². The lowest BCUT2D eigenvalue weighted by Crippen LogP contribution is -2.20. The summed E-state index contributed by atoms with van der Waals surface area (Å²) in [7, 11) is 0. The van der Waals surface area contributed by atoms with Gasteiger partial charge in [-0.1, -0.05) is 6.92 Å². The number of aromatic nitrogens is 2. The van der Waals surface area contributed by atoms with Crippen LogP contribution in [0.3, 0.4) is 0 Å². The van der Waals surface area contributed by atoms with E-state index < -0.39 is 0 Å². The highest BCUT2D eigenvalue weighted by molar-refractivity contribution is 5.76. The molecule has 0 saturated heterocycles. The third-order valence-electron chi connectivity index (χ3n) is 3.60. The van der Waals surface area contributed by atoms with Crippen LogP contribution in [0.1, 0.15) is 32.0 Å². The van der Waals surface area contributed by atoms with E-state index in [2.05, 4.69) is 21.8 Å². The van der Waals surface area contributed by atoms with Gasteiger partial charge in [-0.2, -0.15) is 0 Å². The van der Waals surface area contributed by atoms with Gasteiger partial charge >= 0.3 is 0 Å². The number of nitrogens with one attached hydrogen (secondary N) is 1. The van der Waals surface area contributed by atoms with Gasteiger partial charge in [0.15, 0.2) is 0 Å². The molecule has 0 aliphatic heterocycles. The predicted octanol–water partition coefficient (Wildman–Crippen LogP) is 2.88. The number of benzene rings is 1. The Morgan fingerprint density at radius 2 is 2.26 bits per heavy atom. The summed E-state index contributed by atoms with van der Waals surface area (Å²) in [5.41, 5.74) is 1.82. The maximum Gasteiger partial charge on any atom is 0.125 e. The third-order valence-corrected chi connectivity index (χ3v) is 3.60. The second kappa shape index (κ2) is 5.29. The molecular formula is C15H20FN3. The fraction of sp³-hybridized carbons (Fsp3) is 0.533. The number of hydrogen-bond donors (Lipinski definition) is 1. The summed E-state index contributed by atoms with van der Waals surface area (Å²) in [6, 6.07) is 5.61. The quantitative estimate of drug-likeness (QED) is 0.866. The molecule has 19 heavy (non-hydrogen) atoms. The number of halogens is 1. The molecule has 1 heterocycles. The SMILES string of the molecule is CCCn1c(CCNC2CC2)nc2cc(F)ccc21. The first-order valence-electron chi connectivity index (χ1n) is 7.16. The number of rotatable bonds is 6. The standard InChI is InChI=1S/C15H20FN3/c1-2-9-19-14-6-3-11(16)10-13(14)18-15(19)7-8-17-12-4-5-12/h3,6,10,12,17H,2,4-5,7-9H2,1H3. The Morgan fingerprint density at radius 1 is 1.42 bits per heavy atom. The zero-order valence-electron chi connectivity index (χ0n) is 11.3. The number of hydrogen-bond acceptors (Lipinski definition) is 2. The largest absolute Gasteiger partial charge is 0.328 e. The van der Waals surface area contributed by atoms with Crippen LogP contribution in [0, 0.1) is 5.82 Å². The molecule has 102 valence electrons. The Bertz CT molecular complexity index is 572. The van der Waals surface area contributed by atoms with Gasteiger partial charge in [-0.05, 0) is 31.4 Å². The van der Waals surface area contributed by atoms with Crippen LogP contribution in [-0.4, -0.2) is 22.1 Å². The minimum Gasteiger partial charge on any atom is -0.328 e. The molecule has 3 rings (SSSR count). The van der Waals surface area contributed by atoms with Crippen molar-refractivity contribution in [2.24, 2.45) is 0 Å². The van der Waals surface area contributed by atoms with E-state index in [4.69, 9.17) is 0 Å². The fourth-order valence-corrected chi connectivity index (χ4v) is 2.49. The van der Waals surface area contributed by atoms with E-state index in [1.54, 1.807) is 0 Å². The molecule has 2 aromatic rings. The van der Waals surface area contributed by atoms with Crippen molar-refractivity contribution >= 4 is 11.0 Å². The summed E-state index contributed by atoms with van der Waals surface area (Å²) in [5, 5.41) is 3.50. The van der Waals surface area contributed by atoms with Crippen molar-refractivity contribution < 1.29 is 4.39 Å². The highest BCUT2D eigenvalue weighted by Crippen LogP contribution is 2.20. The van der Waals surface area contributed by atoms with Gasteiger partial charge in [-0.25, -0.2) is 9.37 Å². The zero-order valence-corrected chi connectivity index (χ0v) is 11.3. The minimum atomic E-state index is -0.212. The van der Waals surface area contributed by atoms with Gasteiger partial charge in [0.25, 0.3) is 0 Å². The van der Waals surface area contributed by atoms with Crippen LogP contribution in [0.15, 0.2) is 18.2 Å². The summed E-state index contributed by atoms with van der Waals surface area (Å²) >= 11 is 0. The molecule has 4 heteroatoms. The number of nitrogens with zero attached hydrogens (tertiary/aromatic N) is 2. The van der Waals surface area contributed by atoms with Gasteiger partial charge in [0.05, 0.1) is 11.0 Å². The second-order valence-corrected chi connectivity index (χ2v) is 5.29. The molecule has 0 spiro atoms. The van der Waals surface area contributed by atoms with E-state index in [1.165, 1.54) is 25.0 Å². The zero-order chi connectivity index (χ0) is 13.2. The van der Waals surface area contributed by atoms with E-state index >= 15 is 0 Å². The highest BCUT2D eigenvalue weighted by Gasteiger charge is 2.20. The summed E-state index contributed by atoms with van der Waals surface area (Å²) in [4.78, 5) is 4.59. The molecule has 0 amide bonds. The first-order chi connectivity index (χ1) is 9.28. The van der Waals surface area contributed by atoms with Crippen molar-refractivity contribution in [2.45, 2.75) is 45.2 Å². The Labute approximate surface area is 112 Å². The number of imidazole rings is 1. The topological polar surface area (TPSA) is 29.9 Å². The van der Waals surface area contributed by atoms with E-state index in [0.717, 1.165) is 48.8 Å². The molecule has 3 nitrogen and oxygen atoms in total. The lowest BCUT2D eigenvalue weighted by molar-refractivity contribution is 0.615. The molecule has 0 unspecified atom stereocenters. The van der Waals surface area contributed by atoms with Gasteiger partial charge in [0, 0.05) is 31.6 Å². The summed E-state index contributed by atoms with van der Waals surface area (Å²) in [6.45, 7) is 4.06. The van der Waals surface area contributed by atoms with Crippen molar-refractivity contribution in [1.29, 1.82) is 0 Å². The smallest absolute Gasteiger partial charge is 0.125 e. The Morgan fingerprint density at radius 3 is 3.00 bits per heavy atom. The van der Waals surface area contributed by atoms with Crippen molar-refractivity contribution in [3.05, 3.63) is 29.8 Å². The van der Waals surface area contributed by atoms with Crippen molar-refractivity contribution in [3.63, 3.8) is 0 Å². The normalized spacial score (nSPS) is 15.3. The van der Waals surface area contributed by atoms with E-state index in [0.29, 0.717) is 0 Å². The van der Waals surface area contributed by atoms with Crippen molar-refractivity contribution in [1.82, 2.24) is 14.9 Å². The first-order valence-corrected chi connectivity index (χ1v) is 7.16. The lowest BCUT2D eigenvalue weighted by atomic mass is 10.3. The summed E-state index contributed by atoms with van der Waals surface area (Å²) in [6.07, 6.45) is 4.58. The number of aryl methyl sites for hydroxylation is 1. The van der Waals surface area contributed by atoms with Crippen LogP contribution >= 0.6 is 0 Å². The van der Waals surface area contributed by atoms with Gasteiger partial charge in [0.1, 0.15) is 11.6 Å². The van der Waals surface area contributed by atoms with Crippen molar-refractivity contribution in [2.75, 3.05) is 6.54 Å². The summed E-state index contributed by atoms with van der Waals surface area (Å²) < 4.78 is 15.5. The maximum atomic E-state index is 13.3. The predicted molar refractivity (Wildman–Crippen MR) is 74.7 cm³/mol. The molecule has 1 aliphatic rings. The molecule has 1 saturated carbocycles. The first kappa shape index (κ1) is 12.6. The Kier molecular flexibility index (Phi) is 3.51. The van der Waals surface area contributed by atoms with E-state index in [1.807, 2.05) is 6.07 Å². The van der Waals surface area contributed by atoms with Crippen LogP contribution in [0.25, 0.3) is 11.0 Å². The average Bonchev–Trinajstić information content (AvgIpc) is 3.14. The lowest BCUT2D eigenvalue weighted by Gasteiger charge is -2.08. The molecule has 1 fully saturated rings. The maximum absolute atomic E-state index is 13.3. The molecule has 1 N–H and O–H groups in total. The van der Waals surface area contributed by atoms with Crippen molar-refractivity contribution in [3.8, 4) is 0 Å². The molecule has 0 bridgehead atoms. The van der Waals surface area contributed by atoms with E-state index in [9.17, 15) is 4.39 Å². The molecule has 1 aromatic heterocycles. The molecule has 1 aliphatic carbocycles. The van der Waals surface area contributed by atoms with Crippen LogP contribution in [0.2, 0.25) is 0 Å². The van der Waals surface area contributed by atoms with Crippen LogP contribution in [0.5, 0.6) is 0 Å². The minimum absolute atomic E-state index is 0.212. The summed E-state index contributed by atoms with van der Waals surface area (Å²) in [5.74, 6) is 0.854. The monoisotopic (exact) mass is 261 g/mol. The van der Waals surface area contributed by atoms with Gasteiger partial charge in [-0.3, -0.25) is 0 Å². The van der Waals surface area contributed by atoms with Crippen LogP contribution in [-0.2, 0) is 13.0 Å². The number of fused-ring (bicyclic) bond motifs is 1. The fourth-order valence-electron chi connectivity index (χ4n) is 2.49. The highest BCUT2D eigenvalue weighted by atomic mass is 19.1. The molecule has 0 atom stereocenters. The van der Waals surface area contributed by atoms with Gasteiger partial charge in [0.2, 0.25) is 0 Å². The van der Waals surface area contributed by atoms with Crippen LogP contribution < -0.4 is 5.32 Å². The van der Waals surface area contributed by atoms with Crippen LogP contribution in [0.4, 0.5) is 4.39 Å². The average molecular weight is 261 g/mol. The second-order valence-electron chi connectivity index (χ2n) is 5.29. The molecule has 0 radical (unpaired) electrons. The molecular weight excluding hydrogens is 241 g/mol.